The van der Waals surface area contributed by atoms with E-state index in [2.05, 4.69) is 16.0 Å². The molecule has 1 heterocycles. The van der Waals surface area contributed by atoms with Crippen LogP contribution >= 0.6 is 0 Å². The quantitative estimate of drug-likeness (QED) is 0.729. The van der Waals surface area contributed by atoms with Crippen molar-refractivity contribution in [2.75, 3.05) is 11.9 Å². The summed E-state index contributed by atoms with van der Waals surface area (Å²) >= 11 is 0. The van der Waals surface area contributed by atoms with Crippen molar-refractivity contribution >= 4 is 17.6 Å². The highest BCUT2D eigenvalue weighted by molar-refractivity contribution is 5.98. The normalized spacial score (nSPS) is 17.2. The number of carbonyl (C=O) groups is 2. The molecule has 0 bridgehead atoms. The molecule has 0 atom stereocenters. The Bertz CT molecular complexity index is 552. The molecule has 3 amide bonds. The van der Waals surface area contributed by atoms with Gasteiger partial charge in [0.15, 0.2) is 0 Å². The Morgan fingerprint density at radius 2 is 2.19 bits per heavy atom. The van der Waals surface area contributed by atoms with E-state index < -0.39 is 0 Å². The van der Waals surface area contributed by atoms with E-state index in [1.165, 1.54) is 25.7 Å². The molecule has 0 radical (unpaired) electrons. The van der Waals surface area contributed by atoms with Gasteiger partial charge in [-0.15, -0.1) is 0 Å². The first-order chi connectivity index (χ1) is 10.2. The van der Waals surface area contributed by atoms with Crippen molar-refractivity contribution in [2.45, 2.75) is 38.6 Å². The fourth-order valence-corrected chi connectivity index (χ4v) is 2.81. The van der Waals surface area contributed by atoms with E-state index in [4.69, 9.17) is 0 Å². The lowest BCUT2D eigenvalue weighted by molar-refractivity contribution is 0.0951. The second-order valence-electron chi connectivity index (χ2n) is 5.87. The van der Waals surface area contributed by atoms with Crippen LogP contribution in [0.3, 0.4) is 0 Å². The molecule has 0 aromatic heterocycles. The molecule has 112 valence electrons. The van der Waals surface area contributed by atoms with E-state index in [-0.39, 0.29) is 11.9 Å². The standard InChI is InChI=1S/C16H21N3O2/c20-15(17-8-2-5-11-3-1-4-11)12-6-7-13-10-18-16(21)19-14(13)9-12/h6-7,9,11H,1-5,8,10H2,(H,17,20)(H2,18,19,21). The zero-order valence-corrected chi connectivity index (χ0v) is 12.1. The van der Waals surface area contributed by atoms with Gasteiger partial charge in [0.1, 0.15) is 0 Å². The molecule has 1 fully saturated rings. The lowest BCUT2D eigenvalue weighted by Crippen LogP contribution is -2.33. The Morgan fingerprint density at radius 1 is 1.33 bits per heavy atom. The van der Waals surface area contributed by atoms with Crippen LogP contribution in [0.5, 0.6) is 0 Å². The SMILES string of the molecule is O=C1NCc2ccc(C(=O)NCCCC3CCC3)cc2N1. The smallest absolute Gasteiger partial charge is 0.319 e. The highest BCUT2D eigenvalue weighted by atomic mass is 16.2. The van der Waals surface area contributed by atoms with Crippen LogP contribution in [0.1, 0.15) is 48.0 Å². The van der Waals surface area contributed by atoms with Crippen LogP contribution < -0.4 is 16.0 Å². The minimum Gasteiger partial charge on any atom is -0.352 e. The van der Waals surface area contributed by atoms with E-state index in [0.29, 0.717) is 12.1 Å². The summed E-state index contributed by atoms with van der Waals surface area (Å²) in [4.78, 5) is 23.4. The van der Waals surface area contributed by atoms with Crippen molar-refractivity contribution < 1.29 is 9.59 Å². The Kier molecular flexibility index (Phi) is 4.08. The number of benzene rings is 1. The molecular formula is C16H21N3O2. The number of urea groups is 1. The van der Waals surface area contributed by atoms with Crippen LogP contribution in [-0.2, 0) is 6.54 Å². The van der Waals surface area contributed by atoms with Gasteiger partial charge in [0.25, 0.3) is 5.91 Å². The molecule has 1 aromatic carbocycles. The Morgan fingerprint density at radius 3 is 2.95 bits per heavy atom. The van der Waals surface area contributed by atoms with Crippen molar-refractivity contribution in [3.63, 3.8) is 0 Å². The van der Waals surface area contributed by atoms with Gasteiger partial charge >= 0.3 is 6.03 Å². The second kappa shape index (κ2) is 6.16. The average molecular weight is 287 g/mol. The maximum absolute atomic E-state index is 12.1. The summed E-state index contributed by atoms with van der Waals surface area (Å²) < 4.78 is 0. The summed E-state index contributed by atoms with van der Waals surface area (Å²) in [5.41, 5.74) is 2.32. The number of hydrogen-bond acceptors (Lipinski definition) is 2. The molecule has 5 heteroatoms. The lowest BCUT2D eigenvalue weighted by Gasteiger charge is -2.25. The van der Waals surface area contributed by atoms with Crippen molar-refractivity contribution in [1.29, 1.82) is 0 Å². The predicted octanol–water partition coefficient (Wildman–Crippen LogP) is 2.63. The summed E-state index contributed by atoms with van der Waals surface area (Å²) in [7, 11) is 0. The van der Waals surface area contributed by atoms with E-state index in [0.717, 1.165) is 30.1 Å². The van der Waals surface area contributed by atoms with Gasteiger partial charge in [-0.2, -0.15) is 0 Å². The molecule has 0 spiro atoms. The van der Waals surface area contributed by atoms with Crippen LogP contribution in [-0.4, -0.2) is 18.5 Å². The van der Waals surface area contributed by atoms with Crippen LogP contribution in [0, 0.1) is 5.92 Å². The minimum absolute atomic E-state index is 0.0702. The van der Waals surface area contributed by atoms with Crippen molar-refractivity contribution in [3.8, 4) is 0 Å². The number of anilines is 1. The van der Waals surface area contributed by atoms with Gasteiger partial charge < -0.3 is 16.0 Å². The minimum atomic E-state index is -0.222. The number of nitrogens with one attached hydrogen (secondary N) is 3. The number of fused-ring (bicyclic) bond motifs is 1. The number of rotatable bonds is 5. The maximum atomic E-state index is 12.1. The van der Waals surface area contributed by atoms with Gasteiger partial charge in [-0.25, -0.2) is 4.79 Å². The van der Waals surface area contributed by atoms with Crippen LogP contribution in [0.2, 0.25) is 0 Å². The lowest BCUT2D eigenvalue weighted by atomic mass is 9.82. The van der Waals surface area contributed by atoms with E-state index in [1.54, 1.807) is 12.1 Å². The maximum Gasteiger partial charge on any atom is 0.319 e. The van der Waals surface area contributed by atoms with Crippen molar-refractivity contribution in [1.82, 2.24) is 10.6 Å². The van der Waals surface area contributed by atoms with Gasteiger partial charge in [-0.3, -0.25) is 4.79 Å². The second-order valence-corrected chi connectivity index (χ2v) is 5.87. The van der Waals surface area contributed by atoms with Gasteiger partial charge in [0.05, 0.1) is 0 Å². The Balaban J connectivity index is 1.52. The summed E-state index contributed by atoms with van der Waals surface area (Å²) in [5, 5.41) is 8.38. The molecule has 1 saturated carbocycles. The first-order valence-electron chi connectivity index (χ1n) is 7.68. The number of hydrogen-bond donors (Lipinski definition) is 3. The monoisotopic (exact) mass is 287 g/mol. The molecule has 3 rings (SSSR count). The molecule has 1 aliphatic heterocycles. The summed E-state index contributed by atoms with van der Waals surface area (Å²) in [6.45, 7) is 1.23. The molecule has 3 N–H and O–H groups in total. The van der Waals surface area contributed by atoms with Crippen LogP contribution in [0.4, 0.5) is 10.5 Å². The third-order valence-corrected chi connectivity index (χ3v) is 4.36. The zero-order chi connectivity index (χ0) is 14.7. The molecular weight excluding hydrogens is 266 g/mol. The topological polar surface area (TPSA) is 70.2 Å². The molecule has 2 aliphatic rings. The van der Waals surface area contributed by atoms with Crippen molar-refractivity contribution in [3.05, 3.63) is 29.3 Å². The van der Waals surface area contributed by atoms with Crippen LogP contribution in [0.25, 0.3) is 0 Å². The first kappa shape index (κ1) is 13.9. The Hall–Kier alpha value is -2.04. The highest BCUT2D eigenvalue weighted by Crippen LogP contribution is 2.30. The molecule has 0 unspecified atom stereocenters. The third-order valence-electron chi connectivity index (χ3n) is 4.36. The van der Waals surface area contributed by atoms with E-state index in [1.807, 2.05) is 6.07 Å². The zero-order valence-electron chi connectivity index (χ0n) is 12.1. The summed E-state index contributed by atoms with van der Waals surface area (Å²) in [5.74, 6) is 0.813. The summed E-state index contributed by atoms with van der Waals surface area (Å²) in [6.07, 6.45) is 6.33. The number of amides is 3. The molecule has 5 nitrogen and oxygen atoms in total. The van der Waals surface area contributed by atoms with Gasteiger partial charge in [0.2, 0.25) is 0 Å². The third kappa shape index (κ3) is 3.35. The molecule has 1 aromatic rings. The molecule has 0 saturated heterocycles. The predicted molar refractivity (Wildman–Crippen MR) is 81.2 cm³/mol. The van der Waals surface area contributed by atoms with Gasteiger partial charge in [-0.1, -0.05) is 25.3 Å². The first-order valence-corrected chi connectivity index (χ1v) is 7.68. The molecule has 21 heavy (non-hydrogen) atoms. The molecule has 1 aliphatic carbocycles. The van der Waals surface area contributed by atoms with Gasteiger partial charge in [0, 0.05) is 24.3 Å². The largest absolute Gasteiger partial charge is 0.352 e. The van der Waals surface area contributed by atoms with E-state index >= 15 is 0 Å². The van der Waals surface area contributed by atoms with Crippen molar-refractivity contribution in [2.24, 2.45) is 5.92 Å². The van der Waals surface area contributed by atoms with Crippen LogP contribution in [0.15, 0.2) is 18.2 Å². The fraction of sp³-hybridized carbons (Fsp3) is 0.500. The average Bonchev–Trinajstić information content (AvgIpc) is 2.44. The summed E-state index contributed by atoms with van der Waals surface area (Å²) in [6, 6.07) is 5.21. The Labute approximate surface area is 124 Å². The van der Waals surface area contributed by atoms with Gasteiger partial charge in [-0.05, 0) is 36.5 Å². The number of carbonyl (C=O) groups excluding carboxylic acids is 2. The van der Waals surface area contributed by atoms with E-state index in [9.17, 15) is 9.59 Å². The highest BCUT2D eigenvalue weighted by Gasteiger charge is 2.17. The fourth-order valence-electron chi connectivity index (χ4n) is 2.81.